The SMILES string of the molecule is CC(=O)Nc1cccc(-c2cnc3ccc(NCc4ccco4)nn23)c1. The van der Waals surface area contributed by atoms with Gasteiger partial charge in [-0.3, -0.25) is 4.79 Å². The van der Waals surface area contributed by atoms with E-state index in [2.05, 4.69) is 20.7 Å². The number of imidazole rings is 1. The van der Waals surface area contributed by atoms with Crippen LogP contribution >= 0.6 is 0 Å². The molecule has 3 aromatic heterocycles. The molecule has 0 aliphatic heterocycles. The van der Waals surface area contributed by atoms with Crippen LogP contribution in [0.4, 0.5) is 11.5 Å². The molecule has 0 spiro atoms. The van der Waals surface area contributed by atoms with Gasteiger partial charge < -0.3 is 15.1 Å². The molecule has 130 valence electrons. The van der Waals surface area contributed by atoms with E-state index >= 15 is 0 Å². The average molecular weight is 347 g/mol. The molecule has 0 saturated heterocycles. The molecular formula is C19H17N5O2. The number of rotatable bonds is 5. The molecule has 1 aromatic carbocycles. The van der Waals surface area contributed by atoms with Crippen molar-refractivity contribution >= 4 is 23.1 Å². The van der Waals surface area contributed by atoms with Gasteiger partial charge in [-0.15, -0.1) is 5.10 Å². The molecule has 0 fully saturated rings. The molecule has 0 saturated carbocycles. The predicted molar refractivity (Wildman–Crippen MR) is 98.8 cm³/mol. The summed E-state index contributed by atoms with van der Waals surface area (Å²) >= 11 is 0. The van der Waals surface area contributed by atoms with Gasteiger partial charge in [0.25, 0.3) is 0 Å². The first kappa shape index (κ1) is 15.9. The Labute approximate surface area is 149 Å². The monoisotopic (exact) mass is 347 g/mol. The van der Waals surface area contributed by atoms with Crippen LogP contribution in [0.1, 0.15) is 12.7 Å². The normalized spacial score (nSPS) is 10.8. The van der Waals surface area contributed by atoms with Crippen LogP contribution in [0.3, 0.4) is 0 Å². The van der Waals surface area contributed by atoms with E-state index < -0.39 is 0 Å². The van der Waals surface area contributed by atoms with Gasteiger partial charge in [0.2, 0.25) is 5.91 Å². The average Bonchev–Trinajstić information content (AvgIpc) is 3.29. The molecular weight excluding hydrogens is 330 g/mol. The van der Waals surface area contributed by atoms with E-state index in [1.807, 2.05) is 48.5 Å². The van der Waals surface area contributed by atoms with Crippen molar-refractivity contribution in [3.8, 4) is 11.3 Å². The second-order valence-electron chi connectivity index (χ2n) is 5.83. The molecule has 0 unspecified atom stereocenters. The molecule has 7 nitrogen and oxygen atoms in total. The van der Waals surface area contributed by atoms with E-state index in [0.717, 1.165) is 28.4 Å². The third-order valence-corrected chi connectivity index (χ3v) is 3.86. The summed E-state index contributed by atoms with van der Waals surface area (Å²) < 4.78 is 7.10. The zero-order chi connectivity index (χ0) is 17.9. The van der Waals surface area contributed by atoms with Crippen molar-refractivity contribution in [2.24, 2.45) is 0 Å². The molecule has 3 heterocycles. The lowest BCUT2D eigenvalue weighted by atomic mass is 10.1. The van der Waals surface area contributed by atoms with Crippen LogP contribution in [-0.2, 0) is 11.3 Å². The van der Waals surface area contributed by atoms with Crippen molar-refractivity contribution in [3.05, 3.63) is 66.8 Å². The second kappa shape index (κ2) is 6.72. The Morgan fingerprint density at radius 1 is 1.19 bits per heavy atom. The molecule has 4 aromatic rings. The topological polar surface area (TPSA) is 84.5 Å². The highest BCUT2D eigenvalue weighted by molar-refractivity contribution is 5.89. The zero-order valence-corrected chi connectivity index (χ0v) is 14.1. The van der Waals surface area contributed by atoms with E-state index in [0.29, 0.717) is 12.4 Å². The van der Waals surface area contributed by atoms with Gasteiger partial charge in [0, 0.05) is 18.2 Å². The summed E-state index contributed by atoms with van der Waals surface area (Å²) in [5.74, 6) is 1.44. The number of nitrogens with zero attached hydrogens (tertiary/aromatic N) is 3. The van der Waals surface area contributed by atoms with Crippen molar-refractivity contribution in [1.82, 2.24) is 14.6 Å². The lowest BCUT2D eigenvalue weighted by Crippen LogP contribution is -2.06. The van der Waals surface area contributed by atoms with Crippen molar-refractivity contribution in [2.45, 2.75) is 13.5 Å². The van der Waals surface area contributed by atoms with E-state index in [1.165, 1.54) is 6.92 Å². The van der Waals surface area contributed by atoms with E-state index in [4.69, 9.17) is 4.42 Å². The van der Waals surface area contributed by atoms with Crippen LogP contribution in [0.15, 0.2) is 65.4 Å². The number of aromatic nitrogens is 3. The third-order valence-electron chi connectivity index (χ3n) is 3.86. The van der Waals surface area contributed by atoms with Gasteiger partial charge in [0.15, 0.2) is 5.65 Å². The third kappa shape index (κ3) is 3.27. The van der Waals surface area contributed by atoms with Crippen molar-refractivity contribution in [2.75, 3.05) is 10.6 Å². The molecule has 2 N–H and O–H groups in total. The van der Waals surface area contributed by atoms with Gasteiger partial charge in [-0.2, -0.15) is 0 Å². The highest BCUT2D eigenvalue weighted by Gasteiger charge is 2.09. The first-order chi connectivity index (χ1) is 12.7. The Bertz CT molecular complexity index is 1050. The fraction of sp³-hybridized carbons (Fsp3) is 0.105. The summed E-state index contributed by atoms with van der Waals surface area (Å²) in [6.07, 6.45) is 3.41. The Morgan fingerprint density at radius 2 is 2.12 bits per heavy atom. The number of hydrogen-bond acceptors (Lipinski definition) is 5. The smallest absolute Gasteiger partial charge is 0.221 e. The fourth-order valence-electron chi connectivity index (χ4n) is 2.71. The zero-order valence-electron chi connectivity index (χ0n) is 14.1. The van der Waals surface area contributed by atoms with Crippen molar-refractivity contribution < 1.29 is 9.21 Å². The standard InChI is InChI=1S/C19H17N5O2/c1-13(25)22-15-5-2-4-14(10-15)17-12-21-19-8-7-18(23-24(17)19)20-11-16-6-3-9-26-16/h2-10,12H,11H2,1H3,(H,20,23)(H,22,25). The fourth-order valence-corrected chi connectivity index (χ4v) is 2.71. The largest absolute Gasteiger partial charge is 0.467 e. The van der Waals surface area contributed by atoms with Crippen LogP contribution in [-0.4, -0.2) is 20.5 Å². The Morgan fingerprint density at radius 3 is 2.92 bits per heavy atom. The molecule has 0 atom stereocenters. The van der Waals surface area contributed by atoms with Crippen LogP contribution in [0.5, 0.6) is 0 Å². The highest BCUT2D eigenvalue weighted by atomic mass is 16.3. The molecule has 1 amide bonds. The summed E-state index contributed by atoms with van der Waals surface area (Å²) in [5, 5.41) is 10.6. The summed E-state index contributed by atoms with van der Waals surface area (Å²) in [4.78, 5) is 15.7. The van der Waals surface area contributed by atoms with Gasteiger partial charge >= 0.3 is 0 Å². The number of carbonyl (C=O) groups is 1. The minimum atomic E-state index is -0.108. The van der Waals surface area contributed by atoms with Crippen molar-refractivity contribution in [3.63, 3.8) is 0 Å². The van der Waals surface area contributed by atoms with Crippen LogP contribution in [0, 0.1) is 0 Å². The van der Waals surface area contributed by atoms with Gasteiger partial charge in [0.05, 0.1) is 24.7 Å². The molecule has 4 rings (SSSR count). The van der Waals surface area contributed by atoms with Gasteiger partial charge in [-0.05, 0) is 36.4 Å². The minimum absolute atomic E-state index is 0.108. The maximum atomic E-state index is 11.3. The Balaban J connectivity index is 1.65. The maximum absolute atomic E-state index is 11.3. The number of benzene rings is 1. The first-order valence-electron chi connectivity index (χ1n) is 8.18. The van der Waals surface area contributed by atoms with E-state index in [-0.39, 0.29) is 5.91 Å². The lowest BCUT2D eigenvalue weighted by molar-refractivity contribution is -0.114. The summed E-state index contributed by atoms with van der Waals surface area (Å²) in [6.45, 7) is 2.03. The number of fused-ring (bicyclic) bond motifs is 1. The number of furan rings is 1. The quantitative estimate of drug-likeness (QED) is 0.577. The number of amides is 1. The highest BCUT2D eigenvalue weighted by Crippen LogP contribution is 2.24. The number of carbonyl (C=O) groups excluding carboxylic acids is 1. The van der Waals surface area contributed by atoms with Crippen LogP contribution < -0.4 is 10.6 Å². The first-order valence-corrected chi connectivity index (χ1v) is 8.18. The van der Waals surface area contributed by atoms with Crippen LogP contribution in [0.2, 0.25) is 0 Å². The lowest BCUT2D eigenvalue weighted by Gasteiger charge is -2.07. The van der Waals surface area contributed by atoms with Gasteiger partial charge in [-0.1, -0.05) is 12.1 Å². The summed E-state index contributed by atoms with van der Waals surface area (Å²) in [5.41, 5.74) is 3.24. The minimum Gasteiger partial charge on any atom is -0.467 e. The Hall–Kier alpha value is -3.61. The maximum Gasteiger partial charge on any atom is 0.221 e. The number of hydrogen-bond donors (Lipinski definition) is 2. The van der Waals surface area contributed by atoms with Gasteiger partial charge in [-0.25, -0.2) is 9.50 Å². The molecule has 26 heavy (non-hydrogen) atoms. The predicted octanol–water partition coefficient (Wildman–Crippen LogP) is 3.56. The second-order valence-corrected chi connectivity index (χ2v) is 5.83. The number of nitrogens with one attached hydrogen (secondary N) is 2. The molecule has 0 aliphatic carbocycles. The van der Waals surface area contributed by atoms with Gasteiger partial charge in [0.1, 0.15) is 11.6 Å². The van der Waals surface area contributed by atoms with E-state index in [9.17, 15) is 4.79 Å². The van der Waals surface area contributed by atoms with E-state index in [1.54, 1.807) is 17.0 Å². The number of anilines is 2. The summed E-state index contributed by atoms with van der Waals surface area (Å²) in [7, 11) is 0. The molecule has 0 aliphatic rings. The van der Waals surface area contributed by atoms with Crippen molar-refractivity contribution in [1.29, 1.82) is 0 Å². The molecule has 0 radical (unpaired) electrons. The Kier molecular flexibility index (Phi) is 4.10. The molecule has 0 bridgehead atoms. The van der Waals surface area contributed by atoms with Crippen LogP contribution in [0.25, 0.3) is 16.9 Å². The summed E-state index contributed by atoms with van der Waals surface area (Å²) in [6, 6.07) is 15.1. The molecule has 7 heteroatoms.